The van der Waals surface area contributed by atoms with Crippen LogP contribution >= 0.6 is 0 Å². The Morgan fingerprint density at radius 3 is 2.39 bits per heavy atom. The second-order valence-corrected chi connectivity index (χ2v) is 9.81. The Labute approximate surface area is 225 Å². The average Bonchev–Trinajstić information content (AvgIpc) is 2.92. The van der Waals surface area contributed by atoms with Gasteiger partial charge in [-0.3, -0.25) is 9.59 Å². The highest BCUT2D eigenvalue weighted by Crippen LogP contribution is 2.26. The van der Waals surface area contributed by atoms with Gasteiger partial charge in [0.15, 0.2) is 0 Å². The molecule has 0 aromatic heterocycles. The molecule has 0 saturated carbocycles. The third-order valence-electron chi connectivity index (χ3n) is 6.21. The first-order valence-corrected chi connectivity index (χ1v) is 13.5. The molecule has 2 aromatic carbocycles. The van der Waals surface area contributed by atoms with Crippen molar-refractivity contribution in [2.24, 2.45) is 5.92 Å². The SMILES string of the molecule is CC(C)CC(=O)OCCOCCOCCNC(=O)/C(C#N)=C/c1ccc2cc(N3CCCCC3)ccc2c1. The van der Waals surface area contributed by atoms with Gasteiger partial charge >= 0.3 is 5.97 Å². The number of nitrogens with zero attached hydrogens (tertiary/aromatic N) is 2. The van der Waals surface area contributed by atoms with Crippen LogP contribution in [0.5, 0.6) is 0 Å². The topological polar surface area (TPSA) is 101 Å². The van der Waals surface area contributed by atoms with Crippen LogP contribution in [0.25, 0.3) is 16.8 Å². The number of nitrogens with one attached hydrogen (secondary N) is 1. The molecule has 1 amide bonds. The molecule has 1 fully saturated rings. The van der Waals surface area contributed by atoms with Crippen molar-refractivity contribution in [2.45, 2.75) is 39.5 Å². The number of amides is 1. The normalized spacial score (nSPS) is 13.9. The predicted molar refractivity (Wildman–Crippen MR) is 149 cm³/mol. The molecule has 0 atom stereocenters. The molecular formula is C30H39N3O5. The number of hydrogen-bond acceptors (Lipinski definition) is 7. The number of benzene rings is 2. The average molecular weight is 522 g/mol. The fourth-order valence-corrected chi connectivity index (χ4v) is 4.27. The Kier molecular flexibility index (Phi) is 12.1. The minimum Gasteiger partial charge on any atom is -0.463 e. The smallest absolute Gasteiger partial charge is 0.306 e. The van der Waals surface area contributed by atoms with Gasteiger partial charge in [0.05, 0.1) is 26.4 Å². The Balaban J connectivity index is 1.37. The van der Waals surface area contributed by atoms with E-state index in [0.717, 1.165) is 29.4 Å². The quantitative estimate of drug-likeness (QED) is 0.169. The number of rotatable bonds is 14. The molecule has 0 radical (unpaired) electrons. The molecule has 1 saturated heterocycles. The number of anilines is 1. The number of ether oxygens (including phenoxy) is 3. The molecule has 0 bridgehead atoms. The summed E-state index contributed by atoms with van der Waals surface area (Å²) in [5.74, 6) is -0.381. The van der Waals surface area contributed by atoms with Gasteiger partial charge in [0.1, 0.15) is 18.2 Å². The van der Waals surface area contributed by atoms with Crippen molar-refractivity contribution in [3.8, 4) is 6.07 Å². The fraction of sp³-hybridized carbons (Fsp3) is 0.500. The zero-order valence-corrected chi connectivity index (χ0v) is 22.5. The van der Waals surface area contributed by atoms with Gasteiger partial charge in [-0.05, 0) is 65.8 Å². The Morgan fingerprint density at radius 2 is 1.66 bits per heavy atom. The van der Waals surface area contributed by atoms with Crippen LogP contribution in [0.1, 0.15) is 45.1 Å². The number of esters is 1. The highest BCUT2D eigenvalue weighted by molar-refractivity contribution is 6.02. The summed E-state index contributed by atoms with van der Waals surface area (Å²) in [6.45, 7) is 7.96. The standard InChI is InChI=1S/C30H39N3O5/c1-23(2)18-29(34)38-17-16-37-15-14-36-13-10-32-30(35)27(22-31)20-24-6-7-26-21-28(9-8-25(26)19-24)33-11-4-3-5-12-33/h6-9,19-21,23H,3-5,10-18H2,1-2H3,(H,32,35)/b27-20+. The van der Waals surface area contributed by atoms with E-state index in [-0.39, 0.29) is 30.6 Å². The van der Waals surface area contributed by atoms with Crippen molar-refractivity contribution >= 4 is 34.4 Å². The van der Waals surface area contributed by atoms with E-state index in [9.17, 15) is 14.9 Å². The first-order chi connectivity index (χ1) is 18.5. The van der Waals surface area contributed by atoms with Gasteiger partial charge in [-0.15, -0.1) is 0 Å². The summed E-state index contributed by atoms with van der Waals surface area (Å²) < 4.78 is 15.9. The summed E-state index contributed by atoms with van der Waals surface area (Å²) in [6.07, 6.45) is 5.78. The van der Waals surface area contributed by atoms with E-state index in [1.165, 1.54) is 24.9 Å². The maximum absolute atomic E-state index is 12.5. The van der Waals surface area contributed by atoms with Gasteiger partial charge in [-0.1, -0.05) is 32.0 Å². The van der Waals surface area contributed by atoms with E-state index < -0.39 is 5.91 Å². The molecule has 8 nitrogen and oxygen atoms in total. The number of carbonyl (C=O) groups excluding carboxylic acids is 2. The van der Waals surface area contributed by atoms with Crippen molar-refractivity contribution in [1.82, 2.24) is 5.32 Å². The summed E-state index contributed by atoms with van der Waals surface area (Å²) in [4.78, 5) is 26.3. The van der Waals surface area contributed by atoms with Crippen molar-refractivity contribution in [2.75, 3.05) is 57.6 Å². The molecule has 8 heteroatoms. The van der Waals surface area contributed by atoms with Crippen LogP contribution in [0.3, 0.4) is 0 Å². The van der Waals surface area contributed by atoms with Crippen molar-refractivity contribution in [3.63, 3.8) is 0 Å². The van der Waals surface area contributed by atoms with Gasteiger partial charge in [-0.2, -0.15) is 5.26 Å². The molecule has 1 N–H and O–H groups in total. The maximum Gasteiger partial charge on any atom is 0.306 e. The lowest BCUT2D eigenvalue weighted by molar-refractivity contribution is -0.146. The van der Waals surface area contributed by atoms with Gasteiger partial charge < -0.3 is 24.4 Å². The Bertz CT molecular complexity index is 1130. The highest BCUT2D eigenvalue weighted by atomic mass is 16.6. The molecule has 1 aliphatic rings. The zero-order chi connectivity index (χ0) is 27.2. The molecular weight excluding hydrogens is 482 g/mol. The van der Waals surface area contributed by atoms with Crippen molar-refractivity contribution < 1.29 is 23.8 Å². The van der Waals surface area contributed by atoms with Crippen LogP contribution < -0.4 is 10.2 Å². The second-order valence-electron chi connectivity index (χ2n) is 9.81. The molecule has 1 heterocycles. The summed E-state index contributed by atoms with van der Waals surface area (Å²) in [5, 5.41) is 14.4. The lowest BCUT2D eigenvalue weighted by Crippen LogP contribution is -2.29. The van der Waals surface area contributed by atoms with Crippen LogP contribution in [0.4, 0.5) is 5.69 Å². The van der Waals surface area contributed by atoms with Crippen LogP contribution in [0.2, 0.25) is 0 Å². The molecule has 0 unspecified atom stereocenters. The van der Waals surface area contributed by atoms with E-state index in [1.54, 1.807) is 6.08 Å². The van der Waals surface area contributed by atoms with Gasteiger partial charge in [-0.25, -0.2) is 0 Å². The Morgan fingerprint density at radius 1 is 0.974 bits per heavy atom. The van der Waals surface area contributed by atoms with Gasteiger partial charge in [0, 0.05) is 31.7 Å². The first kappa shape index (κ1) is 29.2. The minimum absolute atomic E-state index is 0.0460. The summed E-state index contributed by atoms with van der Waals surface area (Å²) in [7, 11) is 0. The van der Waals surface area contributed by atoms with E-state index in [2.05, 4.69) is 28.4 Å². The lowest BCUT2D eigenvalue weighted by Gasteiger charge is -2.29. The Hall–Kier alpha value is -3.41. The third kappa shape index (κ3) is 9.81. The van der Waals surface area contributed by atoms with Crippen LogP contribution in [-0.2, 0) is 23.8 Å². The molecule has 38 heavy (non-hydrogen) atoms. The lowest BCUT2D eigenvalue weighted by atomic mass is 10.0. The summed E-state index contributed by atoms with van der Waals surface area (Å²) in [5.41, 5.74) is 2.09. The predicted octanol–water partition coefficient (Wildman–Crippen LogP) is 4.48. The van der Waals surface area contributed by atoms with E-state index in [0.29, 0.717) is 32.8 Å². The molecule has 0 spiro atoms. The van der Waals surface area contributed by atoms with E-state index in [4.69, 9.17) is 14.2 Å². The number of piperidine rings is 1. The highest BCUT2D eigenvalue weighted by Gasteiger charge is 2.12. The largest absolute Gasteiger partial charge is 0.463 e. The number of hydrogen-bond donors (Lipinski definition) is 1. The zero-order valence-electron chi connectivity index (χ0n) is 22.5. The molecule has 2 aromatic rings. The molecule has 204 valence electrons. The van der Waals surface area contributed by atoms with Crippen molar-refractivity contribution in [1.29, 1.82) is 5.26 Å². The van der Waals surface area contributed by atoms with E-state index >= 15 is 0 Å². The second kappa shape index (κ2) is 15.8. The monoisotopic (exact) mass is 521 g/mol. The first-order valence-electron chi connectivity index (χ1n) is 13.5. The van der Waals surface area contributed by atoms with Crippen molar-refractivity contribution in [3.05, 3.63) is 47.5 Å². The van der Waals surface area contributed by atoms with Crippen LogP contribution in [0, 0.1) is 17.2 Å². The number of fused-ring (bicyclic) bond motifs is 1. The van der Waals surface area contributed by atoms with Gasteiger partial charge in [0.2, 0.25) is 0 Å². The maximum atomic E-state index is 12.5. The molecule has 3 rings (SSSR count). The third-order valence-corrected chi connectivity index (χ3v) is 6.21. The molecule has 1 aliphatic heterocycles. The van der Waals surface area contributed by atoms with E-state index in [1.807, 2.05) is 38.1 Å². The van der Waals surface area contributed by atoms with Crippen LogP contribution in [0.15, 0.2) is 42.0 Å². The summed E-state index contributed by atoms with van der Waals surface area (Å²) >= 11 is 0. The van der Waals surface area contributed by atoms with Gasteiger partial charge in [0.25, 0.3) is 5.91 Å². The number of nitriles is 1. The fourth-order valence-electron chi connectivity index (χ4n) is 4.27. The van der Waals surface area contributed by atoms with Crippen LogP contribution in [-0.4, -0.2) is 64.5 Å². The number of carbonyl (C=O) groups is 2. The molecule has 0 aliphatic carbocycles. The summed E-state index contributed by atoms with van der Waals surface area (Å²) in [6, 6.07) is 14.4. The minimum atomic E-state index is -0.434.